The minimum Gasteiger partial charge on any atom is -0.321 e. The van der Waals surface area contributed by atoms with Gasteiger partial charge in [0.15, 0.2) is 0 Å². The van der Waals surface area contributed by atoms with Gasteiger partial charge in [0.1, 0.15) is 0 Å². The molecule has 0 fully saturated rings. The Morgan fingerprint density at radius 3 is 1.95 bits per heavy atom. The summed E-state index contributed by atoms with van der Waals surface area (Å²) >= 11 is 0. The van der Waals surface area contributed by atoms with Crippen molar-refractivity contribution in [3.8, 4) is 0 Å². The van der Waals surface area contributed by atoms with Crippen LogP contribution in [0.3, 0.4) is 0 Å². The summed E-state index contributed by atoms with van der Waals surface area (Å²) in [6.45, 7) is 2.03. The quantitative estimate of drug-likeness (QED) is 0.827. The first kappa shape index (κ1) is 14.1. The number of hydrogen-bond acceptors (Lipinski definition) is 1. The van der Waals surface area contributed by atoms with Crippen LogP contribution in [-0.2, 0) is 0 Å². The van der Waals surface area contributed by atoms with E-state index in [2.05, 4.69) is 0 Å². The second-order valence-corrected chi connectivity index (χ2v) is 4.87. The first-order chi connectivity index (χ1) is 9.61. The molecule has 0 saturated heterocycles. The molecule has 0 heterocycles. The van der Waals surface area contributed by atoms with Gasteiger partial charge in [0.05, 0.1) is 6.04 Å². The van der Waals surface area contributed by atoms with Crippen LogP contribution in [0, 0.1) is 0 Å². The minimum absolute atomic E-state index is 0.0208. The molecule has 3 heteroatoms. The molecule has 104 valence electrons. The molecule has 0 aliphatic heterocycles. The monoisotopic (exact) mass is 268 g/mol. The number of anilines is 1. The normalized spacial score (nSPS) is 11.8. The maximum absolute atomic E-state index is 12.5. The molecule has 2 amide bonds. The van der Waals surface area contributed by atoms with Gasteiger partial charge in [0, 0.05) is 19.8 Å². The van der Waals surface area contributed by atoms with Crippen LogP contribution in [0.1, 0.15) is 18.5 Å². The zero-order valence-corrected chi connectivity index (χ0v) is 12.2. The molecule has 20 heavy (non-hydrogen) atoms. The number of carbonyl (C=O) groups excluding carboxylic acids is 1. The zero-order valence-electron chi connectivity index (χ0n) is 12.2. The van der Waals surface area contributed by atoms with Crippen LogP contribution in [0.5, 0.6) is 0 Å². The Kier molecular flexibility index (Phi) is 4.41. The van der Waals surface area contributed by atoms with E-state index in [4.69, 9.17) is 0 Å². The lowest BCUT2D eigenvalue weighted by Gasteiger charge is -2.30. The molecule has 0 N–H and O–H groups in total. The molecule has 0 aliphatic rings. The number of urea groups is 1. The fraction of sp³-hybridized carbons (Fsp3) is 0.235. The second-order valence-electron chi connectivity index (χ2n) is 4.87. The molecule has 2 aromatic rings. The third-order valence-electron chi connectivity index (χ3n) is 3.60. The fourth-order valence-electron chi connectivity index (χ4n) is 2.12. The lowest BCUT2D eigenvalue weighted by Crippen LogP contribution is -2.40. The van der Waals surface area contributed by atoms with E-state index >= 15 is 0 Å². The van der Waals surface area contributed by atoms with Gasteiger partial charge in [0.2, 0.25) is 0 Å². The molecule has 0 saturated carbocycles. The Balaban J connectivity index is 2.13. The van der Waals surface area contributed by atoms with Crippen LogP contribution < -0.4 is 4.90 Å². The number of carbonyl (C=O) groups is 1. The van der Waals surface area contributed by atoms with Gasteiger partial charge < -0.3 is 4.90 Å². The van der Waals surface area contributed by atoms with E-state index in [1.165, 1.54) is 0 Å². The fourth-order valence-corrected chi connectivity index (χ4v) is 2.12. The summed E-state index contributed by atoms with van der Waals surface area (Å²) in [5, 5.41) is 0. The van der Waals surface area contributed by atoms with Gasteiger partial charge in [-0.1, -0.05) is 48.5 Å². The van der Waals surface area contributed by atoms with E-state index in [1.807, 2.05) is 74.6 Å². The van der Waals surface area contributed by atoms with E-state index in [0.29, 0.717) is 0 Å². The summed E-state index contributed by atoms with van der Waals surface area (Å²) in [5.74, 6) is 0. The van der Waals surface area contributed by atoms with E-state index in [0.717, 1.165) is 11.3 Å². The molecular formula is C17H20N2O. The summed E-state index contributed by atoms with van der Waals surface area (Å²) in [4.78, 5) is 15.9. The average molecular weight is 268 g/mol. The molecule has 0 unspecified atom stereocenters. The van der Waals surface area contributed by atoms with Gasteiger partial charge in [-0.05, 0) is 24.6 Å². The summed E-state index contributed by atoms with van der Waals surface area (Å²) in [6, 6.07) is 19.7. The maximum Gasteiger partial charge on any atom is 0.324 e. The standard InChI is InChI=1S/C17H20N2O/c1-14(15-10-6-4-7-11-15)18(2)17(20)19(3)16-12-8-5-9-13-16/h4-14H,1-3H3/t14-/m1/s1. The summed E-state index contributed by atoms with van der Waals surface area (Å²) < 4.78 is 0. The highest BCUT2D eigenvalue weighted by molar-refractivity contribution is 5.91. The lowest BCUT2D eigenvalue weighted by atomic mass is 10.1. The van der Waals surface area contributed by atoms with Crippen molar-refractivity contribution in [1.29, 1.82) is 0 Å². The number of rotatable bonds is 3. The van der Waals surface area contributed by atoms with Gasteiger partial charge in [-0.2, -0.15) is 0 Å². The molecular weight excluding hydrogens is 248 g/mol. The van der Waals surface area contributed by atoms with Gasteiger partial charge in [0.25, 0.3) is 0 Å². The smallest absolute Gasteiger partial charge is 0.321 e. The molecule has 0 radical (unpaired) electrons. The van der Waals surface area contributed by atoms with Gasteiger partial charge >= 0.3 is 6.03 Å². The highest BCUT2D eigenvalue weighted by Gasteiger charge is 2.21. The predicted octanol–water partition coefficient (Wildman–Crippen LogP) is 3.94. The highest BCUT2D eigenvalue weighted by atomic mass is 16.2. The Labute approximate surface area is 120 Å². The third kappa shape index (κ3) is 2.99. The molecule has 0 bridgehead atoms. The minimum atomic E-state index is -0.0208. The average Bonchev–Trinajstić information content (AvgIpc) is 2.53. The topological polar surface area (TPSA) is 23.6 Å². The Hall–Kier alpha value is -2.29. The molecule has 3 nitrogen and oxygen atoms in total. The highest BCUT2D eigenvalue weighted by Crippen LogP contribution is 2.21. The maximum atomic E-state index is 12.5. The number of amides is 2. The summed E-state index contributed by atoms with van der Waals surface area (Å²) in [6.07, 6.45) is 0. The van der Waals surface area contributed by atoms with Crippen LogP contribution in [0.4, 0.5) is 10.5 Å². The summed E-state index contributed by atoms with van der Waals surface area (Å²) in [5.41, 5.74) is 2.02. The number of para-hydroxylation sites is 1. The molecule has 0 aromatic heterocycles. The van der Waals surface area contributed by atoms with Crippen LogP contribution in [0.15, 0.2) is 60.7 Å². The van der Waals surface area contributed by atoms with Crippen molar-refractivity contribution < 1.29 is 4.79 Å². The van der Waals surface area contributed by atoms with Crippen molar-refractivity contribution in [2.75, 3.05) is 19.0 Å². The van der Waals surface area contributed by atoms with Crippen molar-refractivity contribution >= 4 is 11.7 Å². The van der Waals surface area contributed by atoms with Crippen molar-refractivity contribution in [3.05, 3.63) is 66.2 Å². The first-order valence-electron chi connectivity index (χ1n) is 6.71. The molecule has 0 spiro atoms. The lowest BCUT2D eigenvalue weighted by molar-refractivity contribution is 0.202. The number of hydrogen-bond donors (Lipinski definition) is 0. The van der Waals surface area contributed by atoms with E-state index in [-0.39, 0.29) is 12.1 Å². The second kappa shape index (κ2) is 6.24. The van der Waals surface area contributed by atoms with Crippen molar-refractivity contribution in [2.45, 2.75) is 13.0 Å². The van der Waals surface area contributed by atoms with Crippen LogP contribution in [0.25, 0.3) is 0 Å². The predicted molar refractivity (Wildman–Crippen MR) is 82.9 cm³/mol. The largest absolute Gasteiger partial charge is 0.324 e. The van der Waals surface area contributed by atoms with Crippen molar-refractivity contribution in [2.24, 2.45) is 0 Å². The van der Waals surface area contributed by atoms with Gasteiger partial charge in [-0.15, -0.1) is 0 Å². The Morgan fingerprint density at radius 2 is 1.40 bits per heavy atom. The van der Waals surface area contributed by atoms with Crippen molar-refractivity contribution in [3.63, 3.8) is 0 Å². The number of nitrogens with zero attached hydrogens (tertiary/aromatic N) is 2. The van der Waals surface area contributed by atoms with Crippen LogP contribution in [0.2, 0.25) is 0 Å². The third-order valence-corrected chi connectivity index (χ3v) is 3.60. The van der Waals surface area contributed by atoms with Gasteiger partial charge in [-0.25, -0.2) is 4.79 Å². The van der Waals surface area contributed by atoms with Crippen molar-refractivity contribution in [1.82, 2.24) is 4.90 Å². The van der Waals surface area contributed by atoms with E-state index < -0.39 is 0 Å². The van der Waals surface area contributed by atoms with E-state index in [9.17, 15) is 4.79 Å². The van der Waals surface area contributed by atoms with Gasteiger partial charge in [-0.3, -0.25) is 4.90 Å². The zero-order chi connectivity index (χ0) is 14.5. The van der Waals surface area contributed by atoms with Crippen LogP contribution in [-0.4, -0.2) is 25.0 Å². The number of benzene rings is 2. The molecule has 2 aromatic carbocycles. The molecule has 1 atom stereocenters. The summed E-state index contributed by atoms with van der Waals surface area (Å²) in [7, 11) is 3.63. The molecule has 2 rings (SSSR count). The first-order valence-corrected chi connectivity index (χ1v) is 6.71. The Bertz CT molecular complexity index is 554. The SMILES string of the molecule is C[C@H](c1ccccc1)N(C)C(=O)N(C)c1ccccc1. The Morgan fingerprint density at radius 1 is 0.900 bits per heavy atom. The molecule has 0 aliphatic carbocycles. The van der Waals surface area contributed by atoms with E-state index in [1.54, 1.807) is 16.8 Å². The van der Waals surface area contributed by atoms with Crippen LogP contribution >= 0.6 is 0 Å².